The number of benzene rings is 2. The number of nitrogens with zero attached hydrogens (tertiary/aromatic N) is 1. The molecule has 4 nitrogen and oxygen atoms in total. The lowest BCUT2D eigenvalue weighted by Gasteiger charge is -2.25. The maximum absolute atomic E-state index is 12.6. The van der Waals surface area contributed by atoms with E-state index in [0.29, 0.717) is 6.54 Å². The number of likely N-dealkylation sites (tertiary alicyclic amines) is 1. The molecular weight excluding hydrogens is 300 g/mol. The summed E-state index contributed by atoms with van der Waals surface area (Å²) >= 11 is 0. The van der Waals surface area contributed by atoms with Gasteiger partial charge in [0, 0.05) is 13.1 Å². The highest BCUT2D eigenvalue weighted by atomic mass is 16.5. The molecule has 1 aliphatic rings. The number of urea groups is 1. The number of carbonyl (C=O) groups excluding carboxylic acids is 1. The Morgan fingerprint density at radius 3 is 2.54 bits per heavy atom. The Kier molecular flexibility index (Phi) is 5.04. The Balaban J connectivity index is 1.63. The molecule has 2 amide bonds. The summed E-state index contributed by atoms with van der Waals surface area (Å²) in [6.07, 6.45) is 2.04. The average molecular weight is 324 g/mol. The predicted octanol–water partition coefficient (Wildman–Crippen LogP) is 4.05. The minimum Gasteiger partial charge on any atom is -0.497 e. The van der Waals surface area contributed by atoms with Crippen LogP contribution in [0.15, 0.2) is 48.5 Å². The largest absolute Gasteiger partial charge is 0.497 e. The summed E-state index contributed by atoms with van der Waals surface area (Å²) < 4.78 is 5.21. The maximum Gasteiger partial charge on any atom is 0.318 e. The molecule has 0 aliphatic carbocycles. The molecule has 0 radical (unpaired) electrons. The van der Waals surface area contributed by atoms with Crippen LogP contribution in [0.25, 0.3) is 0 Å². The van der Waals surface area contributed by atoms with Crippen LogP contribution in [0.3, 0.4) is 0 Å². The fourth-order valence-electron chi connectivity index (χ4n) is 3.17. The van der Waals surface area contributed by atoms with Crippen molar-refractivity contribution in [3.63, 3.8) is 0 Å². The maximum atomic E-state index is 12.6. The van der Waals surface area contributed by atoms with Gasteiger partial charge in [-0.3, -0.25) is 0 Å². The lowest BCUT2D eigenvalue weighted by Crippen LogP contribution is -2.39. The lowest BCUT2D eigenvalue weighted by molar-refractivity contribution is 0.192. The molecule has 2 aromatic rings. The Morgan fingerprint density at radius 1 is 1.17 bits per heavy atom. The van der Waals surface area contributed by atoms with E-state index in [4.69, 9.17) is 4.74 Å². The van der Waals surface area contributed by atoms with Gasteiger partial charge in [0.25, 0.3) is 0 Å². The molecule has 0 saturated carbocycles. The van der Waals surface area contributed by atoms with E-state index in [1.54, 1.807) is 7.11 Å². The first-order valence-electron chi connectivity index (χ1n) is 8.41. The normalized spacial score (nSPS) is 16.9. The smallest absolute Gasteiger partial charge is 0.318 e. The van der Waals surface area contributed by atoms with Crippen LogP contribution in [0.2, 0.25) is 0 Å². The number of aryl methyl sites for hydroxylation is 1. The average Bonchev–Trinajstić information content (AvgIpc) is 3.11. The molecule has 4 heteroatoms. The third-order valence-electron chi connectivity index (χ3n) is 4.58. The first-order valence-corrected chi connectivity index (χ1v) is 8.41. The summed E-state index contributed by atoms with van der Waals surface area (Å²) in [6, 6.07) is 16.4. The highest BCUT2D eigenvalue weighted by molar-refractivity contribution is 5.75. The van der Waals surface area contributed by atoms with Gasteiger partial charge >= 0.3 is 6.03 Å². The van der Waals surface area contributed by atoms with Gasteiger partial charge in [0.15, 0.2) is 0 Å². The molecule has 0 aromatic heterocycles. The minimum atomic E-state index is 0.00823. The van der Waals surface area contributed by atoms with Crippen LogP contribution in [0.4, 0.5) is 4.79 Å². The van der Waals surface area contributed by atoms with Crippen molar-refractivity contribution in [3.05, 3.63) is 65.2 Å². The molecule has 0 spiro atoms. The Hall–Kier alpha value is -2.49. The number of hydrogen-bond donors (Lipinski definition) is 1. The van der Waals surface area contributed by atoms with Crippen LogP contribution in [-0.4, -0.2) is 24.6 Å². The molecule has 0 bridgehead atoms. The summed E-state index contributed by atoms with van der Waals surface area (Å²) in [7, 11) is 1.66. The molecule has 1 N–H and O–H groups in total. The van der Waals surface area contributed by atoms with Crippen molar-refractivity contribution >= 4 is 6.03 Å². The van der Waals surface area contributed by atoms with Gasteiger partial charge in [0.05, 0.1) is 13.2 Å². The molecule has 126 valence electrons. The summed E-state index contributed by atoms with van der Waals surface area (Å²) in [5.41, 5.74) is 3.51. The van der Waals surface area contributed by atoms with E-state index in [1.165, 1.54) is 11.1 Å². The van der Waals surface area contributed by atoms with Crippen LogP contribution < -0.4 is 10.1 Å². The van der Waals surface area contributed by atoms with E-state index < -0.39 is 0 Å². The van der Waals surface area contributed by atoms with E-state index >= 15 is 0 Å². The zero-order valence-corrected chi connectivity index (χ0v) is 14.3. The second-order valence-electron chi connectivity index (χ2n) is 6.27. The van der Waals surface area contributed by atoms with E-state index in [2.05, 4.69) is 48.6 Å². The summed E-state index contributed by atoms with van der Waals surface area (Å²) in [5, 5.41) is 3.04. The van der Waals surface area contributed by atoms with Crippen molar-refractivity contribution in [1.82, 2.24) is 10.2 Å². The second-order valence-corrected chi connectivity index (χ2v) is 6.27. The minimum absolute atomic E-state index is 0.00823. The van der Waals surface area contributed by atoms with Crippen molar-refractivity contribution in [3.8, 4) is 5.75 Å². The van der Waals surface area contributed by atoms with Gasteiger partial charge in [-0.25, -0.2) is 4.79 Å². The first-order chi connectivity index (χ1) is 11.7. The Bertz CT molecular complexity index is 680. The van der Waals surface area contributed by atoms with Crippen molar-refractivity contribution in [2.75, 3.05) is 13.7 Å². The summed E-state index contributed by atoms with van der Waals surface area (Å²) in [4.78, 5) is 14.5. The first kappa shape index (κ1) is 16.4. The Morgan fingerprint density at radius 2 is 1.88 bits per heavy atom. The van der Waals surface area contributed by atoms with Gasteiger partial charge in [-0.15, -0.1) is 0 Å². The summed E-state index contributed by atoms with van der Waals surface area (Å²) in [6.45, 7) is 3.42. The molecule has 1 heterocycles. The monoisotopic (exact) mass is 324 g/mol. The van der Waals surface area contributed by atoms with Gasteiger partial charge in [0.1, 0.15) is 5.75 Å². The fraction of sp³-hybridized carbons (Fsp3) is 0.350. The van der Waals surface area contributed by atoms with E-state index in [-0.39, 0.29) is 12.1 Å². The molecule has 1 saturated heterocycles. The van der Waals surface area contributed by atoms with Gasteiger partial charge in [-0.05, 0) is 43.0 Å². The second kappa shape index (κ2) is 7.39. The highest BCUT2D eigenvalue weighted by Gasteiger charge is 2.29. The fourth-order valence-corrected chi connectivity index (χ4v) is 3.17. The topological polar surface area (TPSA) is 41.6 Å². The van der Waals surface area contributed by atoms with Crippen molar-refractivity contribution in [2.24, 2.45) is 0 Å². The zero-order chi connectivity index (χ0) is 16.9. The molecule has 0 unspecified atom stereocenters. The number of carbonyl (C=O) groups is 1. The molecule has 2 aromatic carbocycles. The number of hydrogen-bond acceptors (Lipinski definition) is 2. The predicted molar refractivity (Wildman–Crippen MR) is 95.1 cm³/mol. The third-order valence-corrected chi connectivity index (χ3v) is 4.58. The van der Waals surface area contributed by atoms with Crippen LogP contribution >= 0.6 is 0 Å². The number of ether oxygens (including phenoxy) is 1. The van der Waals surface area contributed by atoms with Gasteiger partial charge in [-0.1, -0.05) is 42.0 Å². The lowest BCUT2D eigenvalue weighted by atomic mass is 10.0. The molecule has 24 heavy (non-hydrogen) atoms. The number of nitrogens with one attached hydrogen (secondary N) is 1. The quantitative estimate of drug-likeness (QED) is 0.922. The van der Waals surface area contributed by atoms with Gasteiger partial charge in [-0.2, -0.15) is 0 Å². The number of amides is 2. The molecule has 1 fully saturated rings. The van der Waals surface area contributed by atoms with Crippen LogP contribution in [-0.2, 0) is 6.54 Å². The van der Waals surface area contributed by atoms with Crippen LogP contribution in [0, 0.1) is 6.92 Å². The van der Waals surface area contributed by atoms with Crippen molar-refractivity contribution < 1.29 is 9.53 Å². The number of rotatable bonds is 4. The Labute approximate surface area is 143 Å². The van der Waals surface area contributed by atoms with E-state index in [1.807, 2.05) is 17.0 Å². The zero-order valence-electron chi connectivity index (χ0n) is 14.3. The highest BCUT2D eigenvalue weighted by Crippen LogP contribution is 2.32. The van der Waals surface area contributed by atoms with Gasteiger partial charge < -0.3 is 15.0 Å². The molecule has 1 atom stereocenters. The van der Waals surface area contributed by atoms with Crippen molar-refractivity contribution in [2.45, 2.75) is 32.4 Å². The van der Waals surface area contributed by atoms with Crippen molar-refractivity contribution in [1.29, 1.82) is 0 Å². The SMILES string of the molecule is COc1ccc([C@@H]2CCCN2C(=O)NCc2ccc(C)cc2)cc1. The van der Waals surface area contributed by atoms with E-state index in [0.717, 1.165) is 30.7 Å². The third kappa shape index (κ3) is 3.70. The van der Waals surface area contributed by atoms with Gasteiger partial charge in [0.2, 0.25) is 0 Å². The standard InChI is InChI=1S/C20H24N2O2/c1-15-5-7-16(8-6-15)14-21-20(23)22-13-3-4-19(22)17-9-11-18(24-2)12-10-17/h5-12,19H,3-4,13-14H2,1-2H3,(H,21,23)/t19-/m0/s1. The number of methoxy groups -OCH3 is 1. The molecular formula is C20H24N2O2. The molecule has 1 aliphatic heterocycles. The van der Waals surface area contributed by atoms with Crippen LogP contribution in [0.5, 0.6) is 5.75 Å². The molecule has 3 rings (SSSR count). The summed E-state index contributed by atoms with van der Waals surface area (Å²) in [5.74, 6) is 0.840. The van der Waals surface area contributed by atoms with Crippen LogP contribution in [0.1, 0.15) is 35.6 Å². The van der Waals surface area contributed by atoms with E-state index in [9.17, 15) is 4.79 Å².